The molecule has 4 unspecified atom stereocenters. The first-order chi connectivity index (χ1) is 18.9. The van der Waals surface area contributed by atoms with Crippen LogP contribution in [-0.4, -0.2) is 78.6 Å². The molecule has 11 heteroatoms. The molecule has 2 aromatic rings. The highest BCUT2D eigenvalue weighted by Crippen LogP contribution is 2.49. The summed E-state index contributed by atoms with van der Waals surface area (Å²) in [6.07, 6.45) is -3.94. The summed E-state index contributed by atoms with van der Waals surface area (Å²) in [5.74, 6) is -2.40. The Balaban J connectivity index is 1.57. The van der Waals surface area contributed by atoms with Gasteiger partial charge in [-0.05, 0) is 30.9 Å². The fourth-order valence-electron chi connectivity index (χ4n) is 5.60. The summed E-state index contributed by atoms with van der Waals surface area (Å²) < 4.78 is 46.2. The number of alkyl halides is 3. The molecule has 0 saturated carbocycles. The molecular weight excluding hydrogens is 525 g/mol. The number of nitrogens with one attached hydrogen (secondary N) is 1. The van der Waals surface area contributed by atoms with E-state index in [0.717, 1.165) is 11.1 Å². The van der Waals surface area contributed by atoms with E-state index in [1.807, 2.05) is 36.4 Å². The Morgan fingerprint density at radius 1 is 1.12 bits per heavy atom. The van der Waals surface area contributed by atoms with Crippen LogP contribution in [0.1, 0.15) is 36.8 Å². The molecule has 40 heavy (non-hydrogen) atoms. The first-order valence-corrected chi connectivity index (χ1v) is 13.2. The third-order valence-corrected chi connectivity index (χ3v) is 7.99. The first kappa shape index (κ1) is 29.5. The van der Waals surface area contributed by atoms with Crippen molar-refractivity contribution >= 4 is 17.7 Å². The van der Waals surface area contributed by atoms with Crippen molar-refractivity contribution in [1.82, 2.24) is 15.1 Å². The maximum Gasteiger partial charge on any atom is 0.415 e. The summed E-state index contributed by atoms with van der Waals surface area (Å²) in [5.41, 5.74) is 3.03. The number of benzene rings is 2. The Kier molecular flexibility index (Phi) is 8.55. The van der Waals surface area contributed by atoms with Crippen LogP contribution in [0.2, 0.25) is 0 Å². The molecule has 216 valence electrons. The van der Waals surface area contributed by atoms with Crippen LogP contribution in [0.3, 0.4) is 0 Å². The molecule has 4 rings (SSSR count). The summed E-state index contributed by atoms with van der Waals surface area (Å²) in [6.45, 7) is 1.14. The van der Waals surface area contributed by atoms with Crippen LogP contribution in [0, 0.1) is 5.41 Å². The highest BCUT2D eigenvalue weighted by molar-refractivity contribution is 5.93. The van der Waals surface area contributed by atoms with Crippen molar-refractivity contribution in [2.24, 2.45) is 11.1 Å². The lowest BCUT2D eigenvalue weighted by atomic mass is 9.69. The van der Waals surface area contributed by atoms with Gasteiger partial charge in [-0.3, -0.25) is 14.4 Å². The van der Waals surface area contributed by atoms with Gasteiger partial charge in [0.2, 0.25) is 17.7 Å². The van der Waals surface area contributed by atoms with Crippen molar-refractivity contribution in [2.45, 2.75) is 50.0 Å². The number of ether oxygens (including phenoxy) is 1. The first-order valence-electron chi connectivity index (χ1n) is 13.2. The minimum atomic E-state index is -5.03. The van der Waals surface area contributed by atoms with Crippen molar-refractivity contribution in [3.05, 3.63) is 71.8 Å². The summed E-state index contributed by atoms with van der Waals surface area (Å²) >= 11 is 0. The van der Waals surface area contributed by atoms with Crippen LogP contribution in [0.25, 0.3) is 0 Å². The minimum absolute atomic E-state index is 0.0774. The normalized spacial score (nSPS) is 23.6. The van der Waals surface area contributed by atoms with Gasteiger partial charge in [-0.1, -0.05) is 60.7 Å². The van der Waals surface area contributed by atoms with Gasteiger partial charge in [-0.25, -0.2) is 0 Å². The highest BCUT2D eigenvalue weighted by Gasteiger charge is 2.57. The van der Waals surface area contributed by atoms with E-state index in [-0.39, 0.29) is 31.6 Å². The van der Waals surface area contributed by atoms with Crippen LogP contribution in [0.15, 0.2) is 60.7 Å². The molecule has 3 N–H and O–H groups in total. The predicted molar refractivity (Wildman–Crippen MR) is 142 cm³/mol. The molecule has 2 aromatic carbocycles. The molecule has 8 nitrogen and oxygen atoms in total. The van der Waals surface area contributed by atoms with Crippen LogP contribution in [-0.2, 0) is 25.7 Å². The number of carbonyl (C=O) groups is 3. The number of hydrogen-bond acceptors (Lipinski definition) is 5. The molecule has 1 spiro atoms. The number of likely N-dealkylation sites (N-methyl/N-ethyl adjacent to an activating group) is 1. The van der Waals surface area contributed by atoms with Crippen molar-refractivity contribution in [3.63, 3.8) is 0 Å². The lowest BCUT2D eigenvalue weighted by Crippen LogP contribution is -2.65. The molecule has 0 aliphatic carbocycles. The van der Waals surface area contributed by atoms with Gasteiger partial charge in [-0.15, -0.1) is 0 Å². The molecule has 0 radical (unpaired) electrons. The number of amides is 3. The van der Waals surface area contributed by atoms with Gasteiger partial charge >= 0.3 is 6.18 Å². The SMILES string of the molecule is CN1CC(c2ccccc2)C2(CCCN(C(=O)C(COCc3ccccc3)NC(=O)C(C)(N)C(F)(F)F)C2)C1=O. The Hall–Kier alpha value is -3.44. The van der Waals surface area contributed by atoms with Crippen LogP contribution < -0.4 is 11.1 Å². The van der Waals surface area contributed by atoms with Gasteiger partial charge in [-0.2, -0.15) is 13.2 Å². The van der Waals surface area contributed by atoms with Crippen LogP contribution in [0.5, 0.6) is 0 Å². The van der Waals surface area contributed by atoms with E-state index in [2.05, 4.69) is 5.32 Å². The zero-order valence-electron chi connectivity index (χ0n) is 22.6. The van der Waals surface area contributed by atoms with Crippen LogP contribution >= 0.6 is 0 Å². The molecule has 2 fully saturated rings. The van der Waals surface area contributed by atoms with Gasteiger partial charge in [0.15, 0.2) is 5.54 Å². The maximum atomic E-state index is 13.8. The number of nitrogens with two attached hydrogens (primary N) is 1. The number of nitrogens with zero attached hydrogens (tertiary/aromatic N) is 2. The Bertz CT molecular complexity index is 1210. The molecule has 2 aliphatic heterocycles. The predicted octanol–water partition coefficient (Wildman–Crippen LogP) is 2.83. The van der Waals surface area contributed by atoms with Gasteiger partial charge in [0.25, 0.3) is 0 Å². The zero-order chi connectivity index (χ0) is 29.1. The van der Waals surface area contributed by atoms with Crippen molar-refractivity contribution in [2.75, 3.05) is 33.3 Å². The topological polar surface area (TPSA) is 105 Å². The number of hydrogen-bond donors (Lipinski definition) is 2. The second kappa shape index (κ2) is 11.6. The second-order valence-electron chi connectivity index (χ2n) is 10.9. The van der Waals surface area contributed by atoms with Crippen molar-refractivity contribution in [3.8, 4) is 0 Å². The maximum absolute atomic E-state index is 13.8. The van der Waals surface area contributed by atoms with E-state index in [1.54, 1.807) is 36.2 Å². The fraction of sp³-hybridized carbons (Fsp3) is 0.483. The Morgan fingerprint density at radius 3 is 2.38 bits per heavy atom. The standard InChI is InChI=1S/C29H35F3N4O4/c1-27(33,29(30,31)32)25(38)34-23(18-40-17-20-10-5-3-6-11-20)24(37)36-15-9-14-28(19-36)22(16-35(2)26(28)39)21-12-7-4-8-13-21/h3-8,10-13,22-23H,9,14-19,33H2,1-2H3,(H,34,38). The van der Waals surface area contributed by atoms with Gasteiger partial charge < -0.3 is 25.6 Å². The Morgan fingerprint density at radius 2 is 1.75 bits per heavy atom. The van der Waals surface area contributed by atoms with Gasteiger partial charge in [0, 0.05) is 32.6 Å². The summed E-state index contributed by atoms with van der Waals surface area (Å²) in [4.78, 5) is 43.1. The monoisotopic (exact) mass is 560 g/mol. The quantitative estimate of drug-likeness (QED) is 0.517. The molecule has 0 bridgehead atoms. The number of piperidine rings is 1. The summed E-state index contributed by atoms with van der Waals surface area (Å²) in [7, 11) is 1.73. The fourth-order valence-corrected chi connectivity index (χ4v) is 5.60. The largest absolute Gasteiger partial charge is 0.415 e. The van der Waals surface area contributed by atoms with E-state index < -0.39 is 35.0 Å². The second-order valence-corrected chi connectivity index (χ2v) is 10.9. The molecule has 4 atom stereocenters. The zero-order valence-corrected chi connectivity index (χ0v) is 22.6. The Labute approximate surface area is 231 Å². The molecule has 2 saturated heterocycles. The van der Waals surface area contributed by atoms with Gasteiger partial charge in [0.05, 0.1) is 18.6 Å². The van der Waals surface area contributed by atoms with Gasteiger partial charge in [0.1, 0.15) is 6.04 Å². The summed E-state index contributed by atoms with van der Waals surface area (Å²) in [6, 6.07) is 17.2. The highest BCUT2D eigenvalue weighted by atomic mass is 19.4. The average Bonchev–Trinajstić information content (AvgIpc) is 3.17. The third-order valence-electron chi connectivity index (χ3n) is 7.99. The molecule has 2 heterocycles. The van der Waals surface area contributed by atoms with E-state index in [9.17, 15) is 27.6 Å². The van der Waals surface area contributed by atoms with E-state index in [0.29, 0.717) is 32.9 Å². The van der Waals surface area contributed by atoms with E-state index in [1.165, 1.54) is 4.90 Å². The van der Waals surface area contributed by atoms with E-state index in [4.69, 9.17) is 10.5 Å². The van der Waals surface area contributed by atoms with Crippen molar-refractivity contribution < 1.29 is 32.3 Å². The molecule has 0 aromatic heterocycles. The van der Waals surface area contributed by atoms with Crippen LogP contribution in [0.4, 0.5) is 13.2 Å². The average molecular weight is 561 g/mol. The van der Waals surface area contributed by atoms with Crippen molar-refractivity contribution in [1.29, 1.82) is 0 Å². The molecule has 3 amide bonds. The minimum Gasteiger partial charge on any atom is -0.374 e. The number of carbonyl (C=O) groups excluding carboxylic acids is 3. The molecule has 2 aliphatic rings. The summed E-state index contributed by atoms with van der Waals surface area (Å²) in [5, 5.41) is 2.19. The third kappa shape index (κ3) is 5.85. The smallest absolute Gasteiger partial charge is 0.374 e. The number of likely N-dealkylation sites (tertiary alicyclic amines) is 2. The number of halogens is 3. The lowest BCUT2D eigenvalue weighted by molar-refractivity contribution is -0.188. The number of rotatable bonds is 8. The lowest BCUT2D eigenvalue weighted by Gasteiger charge is -2.43. The molecular formula is C29H35F3N4O4. The van der Waals surface area contributed by atoms with E-state index >= 15 is 0 Å².